The van der Waals surface area contributed by atoms with E-state index >= 15 is 0 Å². The third-order valence-electron chi connectivity index (χ3n) is 3.69. The van der Waals surface area contributed by atoms with Crippen molar-refractivity contribution >= 4 is 33.2 Å². The molecule has 0 atom stereocenters. The minimum absolute atomic E-state index is 0.104. The number of nitrogens with one attached hydrogen (secondary N) is 2. The van der Waals surface area contributed by atoms with Gasteiger partial charge in [0.25, 0.3) is 0 Å². The Morgan fingerprint density at radius 3 is 2.86 bits per heavy atom. The van der Waals surface area contributed by atoms with Gasteiger partial charge in [-0.3, -0.25) is 4.79 Å². The van der Waals surface area contributed by atoms with E-state index in [4.69, 9.17) is 0 Å². The number of anilines is 2. The van der Waals surface area contributed by atoms with Crippen LogP contribution in [0.1, 0.15) is 23.1 Å². The van der Waals surface area contributed by atoms with Gasteiger partial charge in [0.05, 0.1) is 0 Å². The standard InChI is InChI=1S/C17H17BrN2O/c1-11-2-3-13(15(18)8-11)10-19-14-5-6-16-12(9-14)4-7-17(21)20-16/h2-3,5-6,8-9,19H,4,7,10H2,1H3,(H,20,21). The number of rotatable bonds is 3. The first-order chi connectivity index (χ1) is 10.1. The summed E-state index contributed by atoms with van der Waals surface area (Å²) < 4.78 is 1.13. The summed E-state index contributed by atoms with van der Waals surface area (Å²) in [7, 11) is 0. The van der Waals surface area contributed by atoms with Crippen LogP contribution in [-0.4, -0.2) is 5.91 Å². The molecule has 1 aliphatic rings. The summed E-state index contributed by atoms with van der Waals surface area (Å²) in [5, 5.41) is 6.34. The first-order valence-electron chi connectivity index (χ1n) is 7.03. The smallest absolute Gasteiger partial charge is 0.224 e. The van der Waals surface area contributed by atoms with Crippen molar-refractivity contribution < 1.29 is 4.79 Å². The number of carbonyl (C=O) groups excluding carboxylic acids is 1. The molecule has 0 unspecified atom stereocenters. The number of fused-ring (bicyclic) bond motifs is 1. The van der Waals surface area contributed by atoms with Crippen molar-refractivity contribution in [3.8, 4) is 0 Å². The Hall–Kier alpha value is -1.81. The zero-order valence-electron chi connectivity index (χ0n) is 11.9. The van der Waals surface area contributed by atoms with Gasteiger partial charge in [-0.1, -0.05) is 28.1 Å². The highest BCUT2D eigenvalue weighted by molar-refractivity contribution is 9.10. The van der Waals surface area contributed by atoms with Crippen molar-refractivity contribution in [1.82, 2.24) is 0 Å². The van der Waals surface area contributed by atoms with Gasteiger partial charge in [0.15, 0.2) is 0 Å². The molecule has 0 fully saturated rings. The maximum Gasteiger partial charge on any atom is 0.224 e. The number of hydrogen-bond acceptors (Lipinski definition) is 2. The molecular weight excluding hydrogens is 328 g/mol. The van der Waals surface area contributed by atoms with Crippen molar-refractivity contribution in [2.75, 3.05) is 10.6 Å². The molecule has 0 bridgehead atoms. The SMILES string of the molecule is Cc1ccc(CNc2ccc3c(c2)CCC(=O)N3)c(Br)c1. The van der Waals surface area contributed by atoms with E-state index in [2.05, 4.69) is 57.8 Å². The molecule has 108 valence electrons. The Bertz CT molecular complexity index is 697. The molecule has 0 spiro atoms. The number of aryl methyl sites for hydroxylation is 2. The molecule has 4 heteroatoms. The second kappa shape index (κ2) is 5.90. The van der Waals surface area contributed by atoms with E-state index in [1.54, 1.807) is 0 Å². The maximum absolute atomic E-state index is 11.4. The summed E-state index contributed by atoms with van der Waals surface area (Å²) in [6.07, 6.45) is 1.38. The Morgan fingerprint density at radius 1 is 1.19 bits per heavy atom. The Kier molecular flexibility index (Phi) is 3.97. The van der Waals surface area contributed by atoms with Crippen LogP contribution in [0.5, 0.6) is 0 Å². The average molecular weight is 345 g/mol. The Balaban J connectivity index is 1.72. The molecule has 0 saturated heterocycles. The molecule has 3 nitrogen and oxygen atoms in total. The second-order valence-electron chi connectivity index (χ2n) is 5.37. The largest absolute Gasteiger partial charge is 0.381 e. The van der Waals surface area contributed by atoms with Crippen LogP contribution in [0.25, 0.3) is 0 Å². The van der Waals surface area contributed by atoms with Crippen molar-refractivity contribution in [2.45, 2.75) is 26.3 Å². The lowest BCUT2D eigenvalue weighted by atomic mass is 10.0. The predicted molar refractivity (Wildman–Crippen MR) is 89.6 cm³/mol. The van der Waals surface area contributed by atoms with Gasteiger partial charge in [0, 0.05) is 28.8 Å². The van der Waals surface area contributed by atoms with Crippen LogP contribution in [0.15, 0.2) is 40.9 Å². The highest BCUT2D eigenvalue weighted by atomic mass is 79.9. The molecular formula is C17H17BrN2O. The van der Waals surface area contributed by atoms with Gasteiger partial charge in [-0.15, -0.1) is 0 Å². The molecule has 3 rings (SSSR count). The lowest BCUT2D eigenvalue weighted by Crippen LogP contribution is -2.18. The fourth-order valence-corrected chi connectivity index (χ4v) is 3.12. The monoisotopic (exact) mass is 344 g/mol. The average Bonchev–Trinajstić information content (AvgIpc) is 2.46. The van der Waals surface area contributed by atoms with Crippen molar-refractivity contribution in [1.29, 1.82) is 0 Å². The normalized spacial score (nSPS) is 13.5. The third kappa shape index (κ3) is 3.27. The molecule has 2 aromatic rings. The molecule has 0 aliphatic carbocycles. The molecule has 21 heavy (non-hydrogen) atoms. The predicted octanol–water partition coefficient (Wildman–Crippen LogP) is 4.25. The van der Waals surface area contributed by atoms with E-state index in [1.165, 1.54) is 16.7 Å². The van der Waals surface area contributed by atoms with E-state index in [9.17, 15) is 4.79 Å². The summed E-state index contributed by atoms with van der Waals surface area (Å²) in [6.45, 7) is 2.85. The zero-order chi connectivity index (χ0) is 14.8. The maximum atomic E-state index is 11.4. The summed E-state index contributed by atoms with van der Waals surface area (Å²) in [6, 6.07) is 12.5. The second-order valence-corrected chi connectivity index (χ2v) is 6.22. The van der Waals surface area contributed by atoms with Crippen LogP contribution in [0.3, 0.4) is 0 Å². The minimum atomic E-state index is 0.104. The van der Waals surface area contributed by atoms with Crippen molar-refractivity contribution in [3.05, 3.63) is 57.6 Å². The molecule has 1 amide bonds. The molecule has 0 radical (unpaired) electrons. The lowest BCUT2D eigenvalue weighted by Gasteiger charge is -2.18. The van der Waals surface area contributed by atoms with Gasteiger partial charge in [-0.2, -0.15) is 0 Å². The van der Waals surface area contributed by atoms with Crippen LogP contribution in [-0.2, 0) is 17.8 Å². The number of hydrogen-bond donors (Lipinski definition) is 2. The summed E-state index contributed by atoms with van der Waals surface area (Å²) in [5.41, 5.74) is 5.69. The van der Waals surface area contributed by atoms with Crippen LogP contribution in [0.4, 0.5) is 11.4 Å². The minimum Gasteiger partial charge on any atom is -0.381 e. The number of benzene rings is 2. The highest BCUT2D eigenvalue weighted by Gasteiger charge is 2.14. The summed E-state index contributed by atoms with van der Waals surface area (Å²) in [4.78, 5) is 11.4. The van der Waals surface area contributed by atoms with E-state index < -0.39 is 0 Å². The summed E-state index contributed by atoms with van der Waals surface area (Å²) in [5.74, 6) is 0.104. The fourth-order valence-electron chi connectivity index (χ4n) is 2.49. The number of amides is 1. The Labute approximate surface area is 132 Å². The molecule has 0 saturated carbocycles. The van der Waals surface area contributed by atoms with Crippen molar-refractivity contribution in [3.63, 3.8) is 0 Å². The van der Waals surface area contributed by atoms with Gasteiger partial charge in [0.1, 0.15) is 0 Å². The number of carbonyl (C=O) groups is 1. The van der Waals surface area contributed by atoms with E-state index in [0.717, 1.165) is 28.8 Å². The molecule has 1 aliphatic heterocycles. The van der Waals surface area contributed by atoms with Crippen LogP contribution in [0, 0.1) is 6.92 Å². The van der Waals surface area contributed by atoms with Crippen molar-refractivity contribution in [2.24, 2.45) is 0 Å². The van der Waals surface area contributed by atoms with Crippen LogP contribution >= 0.6 is 15.9 Å². The molecule has 2 aromatic carbocycles. The van der Waals surface area contributed by atoms with Gasteiger partial charge < -0.3 is 10.6 Å². The number of halogens is 1. The Morgan fingerprint density at radius 2 is 2.05 bits per heavy atom. The molecule has 1 heterocycles. The van der Waals surface area contributed by atoms with E-state index in [0.29, 0.717) is 6.42 Å². The first kappa shape index (κ1) is 14.1. The van der Waals surface area contributed by atoms with Gasteiger partial charge >= 0.3 is 0 Å². The lowest BCUT2D eigenvalue weighted by molar-refractivity contribution is -0.116. The first-order valence-corrected chi connectivity index (χ1v) is 7.83. The van der Waals surface area contributed by atoms with E-state index in [1.807, 2.05) is 12.1 Å². The summed E-state index contributed by atoms with van der Waals surface area (Å²) >= 11 is 3.60. The quantitative estimate of drug-likeness (QED) is 0.873. The van der Waals surface area contributed by atoms with E-state index in [-0.39, 0.29) is 5.91 Å². The van der Waals surface area contributed by atoms with Crippen LogP contribution in [0.2, 0.25) is 0 Å². The molecule has 0 aromatic heterocycles. The van der Waals surface area contributed by atoms with Gasteiger partial charge in [-0.05, 0) is 54.3 Å². The van der Waals surface area contributed by atoms with Crippen LogP contribution < -0.4 is 10.6 Å². The fraction of sp³-hybridized carbons (Fsp3) is 0.235. The highest BCUT2D eigenvalue weighted by Crippen LogP contribution is 2.26. The van der Waals surface area contributed by atoms with Gasteiger partial charge in [-0.25, -0.2) is 0 Å². The molecule has 2 N–H and O–H groups in total. The van der Waals surface area contributed by atoms with Gasteiger partial charge in [0.2, 0.25) is 5.91 Å². The third-order valence-corrected chi connectivity index (χ3v) is 4.43. The topological polar surface area (TPSA) is 41.1 Å². The zero-order valence-corrected chi connectivity index (χ0v) is 13.5.